The first-order valence-corrected chi connectivity index (χ1v) is 11.8. The van der Waals surface area contributed by atoms with Crippen molar-refractivity contribution in [1.82, 2.24) is 9.88 Å². The molecule has 1 aliphatic heterocycles. The molecule has 0 unspecified atom stereocenters. The second-order valence-corrected chi connectivity index (χ2v) is 9.37. The Morgan fingerprint density at radius 2 is 2.03 bits per heavy atom. The highest BCUT2D eigenvalue weighted by molar-refractivity contribution is 7.54. The van der Waals surface area contributed by atoms with Crippen molar-refractivity contribution in [2.75, 3.05) is 11.7 Å². The van der Waals surface area contributed by atoms with Crippen LogP contribution in [0, 0.1) is 6.92 Å². The molecular formula is C22H24N3O6P. The number of amides is 2. The molecule has 168 valence electrons. The van der Waals surface area contributed by atoms with Crippen LogP contribution in [0.25, 0.3) is 11.0 Å². The summed E-state index contributed by atoms with van der Waals surface area (Å²) in [5, 5.41) is 1.03. The molecule has 1 aliphatic rings. The van der Waals surface area contributed by atoms with Gasteiger partial charge in [-0.05, 0) is 37.0 Å². The van der Waals surface area contributed by atoms with E-state index in [0.717, 1.165) is 27.9 Å². The highest BCUT2D eigenvalue weighted by atomic mass is 31.2. The molecule has 0 saturated heterocycles. The van der Waals surface area contributed by atoms with Gasteiger partial charge in [-0.15, -0.1) is 0 Å². The summed E-state index contributed by atoms with van der Waals surface area (Å²) in [7, 11) is -3.06. The highest BCUT2D eigenvalue weighted by Gasteiger charge is 2.37. The van der Waals surface area contributed by atoms with Gasteiger partial charge in [-0.1, -0.05) is 24.3 Å². The number of hydrogen-bond acceptors (Lipinski definition) is 5. The lowest BCUT2D eigenvalue weighted by Crippen LogP contribution is -2.33. The molecule has 2 amide bonds. The molecule has 0 bridgehead atoms. The van der Waals surface area contributed by atoms with Crippen molar-refractivity contribution in [2.45, 2.75) is 39.2 Å². The first kappa shape index (κ1) is 22.2. The zero-order valence-electron chi connectivity index (χ0n) is 17.8. The van der Waals surface area contributed by atoms with Crippen molar-refractivity contribution >= 4 is 36.3 Å². The third-order valence-corrected chi connectivity index (χ3v) is 6.62. The maximum absolute atomic E-state index is 12.7. The summed E-state index contributed by atoms with van der Waals surface area (Å²) in [4.78, 5) is 49.3. The number of carbonyl (C=O) groups excluding carboxylic acids is 2. The zero-order chi connectivity index (χ0) is 23.0. The molecule has 1 aromatic carbocycles. The van der Waals surface area contributed by atoms with Crippen LogP contribution in [0.2, 0.25) is 0 Å². The van der Waals surface area contributed by atoms with Gasteiger partial charge in [0.05, 0.1) is 6.54 Å². The van der Waals surface area contributed by atoms with Crippen LogP contribution < -0.4 is 4.67 Å². The number of aryl methyl sites for hydroxylation is 3. The molecule has 0 aliphatic carbocycles. The first-order valence-electron chi connectivity index (χ1n) is 10.2. The van der Waals surface area contributed by atoms with E-state index in [1.165, 1.54) is 6.20 Å². The van der Waals surface area contributed by atoms with Crippen molar-refractivity contribution in [2.24, 2.45) is 0 Å². The van der Waals surface area contributed by atoms with E-state index in [1.54, 1.807) is 18.0 Å². The third-order valence-electron chi connectivity index (χ3n) is 5.68. The lowest BCUT2D eigenvalue weighted by atomic mass is 10.0. The second kappa shape index (κ2) is 8.50. The lowest BCUT2D eigenvalue weighted by Gasteiger charge is -2.28. The van der Waals surface area contributed by atoms with Crippen molar-refractivity contribution in [3.05, 3.63) is 59.0 Å². The largest absolute Gasteiger partial charge is 0.459 e. The predicted octanol–water partition coefficient (Wildman–Crippen LogP) is 3.10. The normalized spacial score (nSPS) is 14.0. The number of hydrogen-bond donors (Lipinski definition) is 2. The number of carbonyl (C=O) groups is 2. The Labute approximate surface area is 184 Å². The molecule has 9 nitrogen and oxygen atoms in total. The maximum atomic E-state index is 12.7. The number of anilines is 1. The number of pyridine rings is 1. The van der Waals surface area contributed by atoms with Gasteiger partial charge in [0.2, 0.25) is 11.8 Å². The number of fused-ring (bicyclic) bond motifs is 2. The number of para-hydroxylation sites is 1. The Morgan fingerprint density at radius 1 is 1.28 bits per heavy atom. The minimum Gasteiger partial charge on any atom is -0.459 e. The fourth-order valence-electron chi connectivity index (χ4n) is 3.92. The fraction of sp³-hybridized carbons (Fsp3) is 0.318. The average molecular weight is 457 g/mol. The van der Waals surface area contributed by atoms with Crippen molar-refractivity contribution in [1.29, 1.82) is 0 Å². The summed E-state index contributed by atoms with van der Waals surface area (Å²) in [5.74, 6) is 0.0280. The smallest absolute Gasteiger partial charge is 0.438 e. The summed E-state index contributed by atoms with van der Waals surface area (Å²) >= 11 is 0. The molecule has 0 spiro atoms. The summed E-state index contributed by atoms with van der Waals surface area (Å²) < 4.78 is 18.0. The van der Waals surface area contributed by atoms with Gasteiger partial charge >= 0.3 is 7.75 Å². The number of benzene rings is 1. The highest BCUT2D eigenvalue weighted by Crippen LogP contribution is 2.46. The summed E-state index contributed by atoms with van der Waals surface area (Å²) in [6, 6.07) is 9.51. The third kappa shape index (κ3) is 4.32. The Kier molecular flexibility index (Phi) is 5.90. The Morgan fingerprint density at radius 3 is 2.75 bits per heavy atom. The van der Waals surface area contributed by atoms with Crippen LogP contribution in [-0.4, -0.2) is 38.5 Å². The lowest BCUT2D eigenvalue weighted by molar-refractivity contribution is -0.130. The van der Waals surface area contributed by atoms with E-state index in [4.69, 9.17) is 4.42 Å². The van der Waals surface area contributed by atoms with Crippen LogP contribution in [0.5, 0.6) is 0 Å². The van der Waals surface area contributed by atoms with Crippen LogP contribution >= 0.6 is 7.75 Å². The van der Waals surface area contributed by atoms with E-state index < -0.39 is 13.7 Å². The molecule has 4 rings (SSSR count). The number of furan rings is 1. The number of aromatic nitrogens is 1. The summed E-state index contributed by atoms with van der Waals surface area (Å²) in [5.41, 5.74) is 3.17. The van der Waals surface area contributed by atoms with Gasteiger partial charge in [-0.3, -0.25) is 9.59 Å². The molecule has 3 heterocycles. The van der Waals surface area contributed by atoms with Crippen LogP contribution in [0.15, 0.2) is 40.9 Å². The second-order valence-electron chi connectivity index (χ2n) is 7.94. The molecule has 0 saturated carbocycles. The van der Waals surface area contributed by atoms with Gasteiger partial charge < -0.3 is 19.1 Å². The maximum Gasteiger partial charge on any atom is 0.438 e. The van der Waals surface area contributed by atoms with Gasteiger partial charge in [0.15, 0.2) is 0 Å². The van der Waals surface area contributed by atoms with E-state index in [0.29, 0.717) is 29.6 Å². The fourth-order valence-corrected chi connectivity index (χ4v) is 4.74. The van der Waals surface area contributed by atoms with Crippen molar-refractivity contribution in [3.8, 4) is 0 Å². The molecule has 2 N–H and O–H groups in total. The minimum absolute atomic E-state index is 0.00175. The predicted molar refractivity (Wildman–Crippen MR) is 118 cm³/mol. The molecule has 2 aromatic heterocycles. The van der Waals surface area contributed by atoms with Crippen LogP contribution in [0.3, 0.4) is 0 Å². The van der Waals surface area contributed by atoms with Gasteiger partial charge in [0.25, 0.3) is 0 Å². The van der Waals surface area contributed by atoms with Crippen LogP contribution in [-0.2, 0) is 33.5 Å². The van der Waals surface area contributed by atoms with E-state index in [9.17, 15) is 23.9 Å². The van der Waals surface area contributed by atoms with E-state index in [1.807, 2.05) is 31.2 Å². The topological polar surface area (TPSA) is 124 Å². The summed E-state index contributed by atoms with van der Waals surface area (Å²) in [6.07, 6.45) is 2.48. The van der Waals surface area contributed by atoms with Gasteiger partial charge in [-0.2, -0.15) is 4.67 Å². The van der Waals surface area contributed by atoms with E-state index in [2.05, 4.69) is 4.98 Å². The van der Waals surface area contributed by atoms with Crippen LogP contribution in [0.1, 0.15) is 35.3 Å². The van der Waals surface area contributed by atoms with Crippen LogP contribution in [0.4, 0.5) is 5.82 Å². The molecule has 0 fully saturated rings. The first-order chi connectivity index (χ1) is 15.1. The average Bonchev–Trinajstić information content (AvgIpc) is 3.06. The molecule has 3 aromatic rings. The Hall–Kier alpha value is -3.00. The van der Waals surface area contributed by atoms with Crippen molar-refractivity contribution in [3.63, 3.8) is 0 Å². The molecular weight excluding hydrogens is 433 g/mol. The van der Waals surface area contributed by atoms with Gasteiger partial charge in [-0.25, -0.2) is 9.55 Å². The van der Waals surface area contributed by atoms with Gasteiger partial charge in [0.1, 0.15) is 17.2 Å². The van der Waals surface area contributed by atoms with E-state index >= 15 is 0 Å². The minimum atomic E-state index is -4.79. The number of nitrogens with zero attached hydrogens (tertiary/aromatic N) is 3. The Bertz CT molecular complexity index is 1250. The van der Waals surface area contributed by atoms with Crippen molar-refractivity contribution < 1.29 is 28.4 Å². The summed E-state index contributed by atoms with van der Waals surface area (Å²) in [6.45, 7) is 2.34. The van der Waals surface area contributed by atoms with E-state index in [-0.39, 0.29) is 24.6 Å². The molecule has 0 atom stereocenters. The monoisotopic (exact) mass is 457 g/mol. The molecule has 10 heteroatoms. The Balaban J connectivity index is 1.42. The molecule has 0 radical (unpaired) electrons. The van der Waals surface area contributed by atoms with Gasteiger partial charge in [0, 0.05) is 37.0 Å². The number of rotatable bonds is 6. The quantitative estimate of drug-likeness (QED) is 0.545. The SMILES string of the molecule is Cc1c(CN(C)C(=O)CCc2cnc3c(c2)CCC(=O)N3P(=O)(O)O)oc2ccccc12. The molecule has 32 heavy (non-hydrogen) atoms. The zero-order valence-corrected chi connectivity index (χ0v) is 18.7. The standard InChI is InChI=1S/C22H24N3O6P/c1-14-17-5-3-4-6-18(17)31-19(14)13-24(2)20(26)9-7-15-11-16-8-10-21(27)25(32(28,29)30)22(16)23-12-15/h3-6,11-12H,7-10,13H2,1-2H3,(H2,28,29,30).